The van der Waals surface area contributed by atoms with E-state index in [4.69, 9.17) is 0 Å². The van der Waals surface area contributed by atoms with Crippen LogP contribution in [0.15, 0.2) is 60.8 Å². The average Bonchev–Trinajstić information content (AvgIpc) is 2.53. The Morgan fingerprint density at radius 3 is 2.67 bits per heavy atom. The third-order valence-electron chi connectivity index (χ3n) is 3.57. The maximum Gasteiger partial charge on any atom is 0.128 e. The lowest BCUT2D eigenvalue weighted by Crippen LogP contribution is -2.23. The average molecular weight is 280 g/mol. The summed E-state index contributed by atoms with van der Waals surface area (Å²) in [5.41, 5.74) is 2.57. The molecule has 3 heteroatoms. The molecule has 106 valence electrons. The maximum absolute atomic E-state index is 14.1. The first-order valence-corrected chi connectivity index (χ1v) is 7.12. The van der Waals surface area contributed by atoms with Crippen molar-refractivity contribution in [1.29, 1.82) is 0 Å². The third-order valence-corrected chi connectivity index (χ3v) is 3.57. The van der Waals surface area contributed by atoms with Crippen LogP contribution in [0, 0.1) is 5.82 Å². The van der Waals surface area contributed by atoms with E-state index in [0.29, 0.717) is 5.56 Å². The molecule has 1 unspecified atom stereocenters. The third kappa shape index (κ3) is 2.78. The van der Waals surface area contributed by atoms with Crippen molar-refractivity contribution in [1.82, 2.24) is 10.3 Å². The summed E-state index contributed by atoms with van der Waals surface area (Å²) in [6.45, 7) is 2.77. The summed E-state index contributed by atoms with van der Waals surface area (Å²) in [5, 5.41) is 4.40. The Balaban J connectivity index is 2.09. The highest BCUT2D eigenvalue weighted by Gasteiger charge is 2.17. The number of rotatable bonds is 4. The lowest BCUT2D eigenvalue weighted by molar-refractivity contribution is 0.558. The number of hydrogen-bond acceptors (Lipinski definition) is 2. The number of para-hydroxylation sites is 1. The standard InChI is InChI=1S/C18H17FN2/c1-2-20-18(15-8-4-5-9-16(15)19)14-11-13-7-3-6-10-17(13)21-12-14/h3-12,18,20H,2H2,1H3. The number of benzene rings is 2. The molecule has 0 saturated heterocycles. The molecular weight excluding hydrogens is 263 g/mol. The van der Waals surface area contributed by atoms with E-state index in [-0.39, 0.29) is 11.9 Å². The van der Waals surface area contributed by atoms with E-state index in [0.717, 1.165) is 23.0 Å². The summed E-state index contributed by atoms with van der Waals surface area (Å²) in [6.07, 6.45) is 1.82. The number of nitrogens with one attached hydrogen (secondary N) is 1. The van der Waals surface area contributed by atoms with Crippen LogP contribution in [0.3, 0.4) is 0 Å². The predicted molar refractivity (Wildman–Crippen MR) is 83.7 cm³/mol. The Morgan fingerprint density at radius 1 is 1.10 bits per heavy atom. The van der Waals surface area contributed by atoms with Gasteiger partial charge in [-0.25, -0.2) is 4.39 Å². The number of halogens is 1. The minimum Gasteiger partial charge on any atom is -0.306 e. The molecule has 1 atom stereocenters. The molecule has 0 saturated carbocycles. The smallest absolute Gasteiger partial charge is 0.128 e. The first-order valence-electron chi connectivity index (χ1n) is 7.12. The molecule has 0 aliphatic heterocycles. The predicted octanol–water partition coefficient (Wildman–Crippen LogP) is 4.07. The van der Waals surface area contributed by atoms with E-state index < -0.39 is 0 Å². The highest BCUT2D eigenvalue weighted by molar-refractivity contribution is 5.79. The van der Waals surface area contributed by atoms with E-state index in [1.807, 2.05) is 49.5 Å². The van der Waals surface area contributed by atoms with Gasteiger partial charge < -0.3 is 5.32 Å². The monoisotopic (exact) mass is 280 g/mol. The van der Waals surface area contributed by atoms with Crippen molar-refractivity contribution in [2.75, 3.05) is 6.54 Å². The normalized spacial score (nSPS) is 12.5. The van der Waals surface area contributed by atoms with Crippen molar-refractivity contribution in [2.45, 2.75) is 13.0 Å². The highest BCUT2D eigenvalue weighted by atomic mass is 19.1. The minimum atomic E-state index is -0.198. The Kier molecular flexibility index (Phi) is 3.93. The fourth-order valence-electron chi connectivity index (χ4n) is 2.57. The molecule has 2 nitrogen and oxygen atoms in total. The lowest BCUT2D eigenvalue weighted by atomic mass is 9.98. The van der Waals surface area contributed by atoms with Crippen LogP contribution >= 0.6 is 0 Å². The minimum absolute atomic E-state index is 0.187. The Morgan fingerprint density at radius 2 is 1.86 bits per heavy atom. The van der Waals surface area contributed by atoms with Crippen molar-refractivity contribution in [3.8, 4) is 0 Å². The first kappa shape index (κ1) is 13.7. The van der Waals surface area contributed by atoms with Crippen molar-refractivity contribution in [3.63, 3.8) is 0 Å². The SMILES string of the molecule is CCNC(c1cnc2ccccc2c1)c1ccccc1F. The van der Waals surface area contributed by atoms with Crippen molar-refractivity contribution in [2.24, 2.45) is 0 Å². The number of pyridine rings is 1. The summed E-state index contributed by atoms with van der Waals surface area (Å²) >= 11 is 0. The topological polar surface area (TPSA) is 24.9 Å². The van der Waals surface area contributed by atoms with Crippen LogP contribution in [0.25, 0.3) is 10.9 Å². The van der Waals surface area contributed by atoms with Gasteiger partial charge in [-0.05, 0) is 30.3 Å². The van der Waals surface area contributed by atoms with Gasteiger partial charge in [-0.15, -0.1) is 0 Å². The van der Waals surface area contributed by atoms with Gasteiger partial charge in [-0.1, -0.05) is 43.3 Å². The van der Waals surface area contributed by atoms with Crippen LogP contribution in [0.5, 0.6) is 0 Å². The molecule has 1 N–H and O–H groups in total. The van der Waals surface area contributed by atoms with Gasteiger partial charge in [-0.2, -0.15) is 0 Å². The van der Waals surface area contributed by atoms with Gasteiger partial charge in [0.15, 0.2) is 0 Å². The van der Waals surface area contributed by atoms with Crippen molar-refractivity contribution in [3.05, 3.63) is 77.7 Å². The molecule has 3 aromatic rings. The zero-order chi connectivity index (χ0) is 14.7. The van der Waals surface area contributed by atoms with Crippen LogP contribution in [0.4, 0.5) is 4.39 Å². The quantitative estimate of drug-likeness (QED) is 0.779. The first-order chi connectivity index (χ1) is 10.3. The van der Waals surface area contributed by atoms with Crippen LogP contribution in [0.1, 0.15) is 24.1 Å². The molecule has 0 aliphatic rings. The van der Waals surface area contributed by atoms with E-state index >= 15 is 0 Å². The Labute approximate surface area is 123 Å². The maximum atomic E-state index is 14.1. The van der Waals surface area contributed by atoms with Gasteiger partial charge in [0.05, 0.1) is 11.6 Å². The van der Waals surface area contributed by atoms with Gasteiger partial charge >= 0.3 is 0 Å². The Hall–Kier alpha value is -2.26. The molecule has 0 radical (unpaired) electrons. The molecule has 0 bridgehead atoms. The van der Waals surface area contributed by atoms with Crippen LogP contribution < -0.4 is 5.32 Å². The van der Waals surface area contributed by atoms with E-state index in [2.05, 4.69) is 16.4 Å². The van der Waals surface area contributed by atoms with Gasteiger partial charge in [0, 0.05) is 17.1 Å². The molecule has 2 aromatic carbocycles. The second kappa shape index (κ2) is 6.02. The number of fused-ring (bicyclic) bond motifs is 1. The molecule has 3 rings (SSSR count). The fourth-order valence-corrected chi connectivity index (χ4v) is 2.57. The number of aromatic nitrogens is 1. The van der Waals surface area contributed by atoms with Gasteiger partial charge in [0.25, 0.3) is 0 Å². The summed E-state index contributed by atoms with van der Waals surface area (Å²) < 4.78 is 14.1. The van der Waals surface area contributed by atoms with E-state index in [1.165, 1.54) is 6.07 Å². The van der Waals surface area contributed by atoms with Gasteiger partial charge in [-0.3, -0.25) is 4.98 Å². The van der Waals surface area contributed by atoms with Crippen LogP contribution in [-0.2, 0) is 0 Å². The summed E-state index contributed by atoms with van der Waals surface area (Å²) in [5.74, 6) is -0.198. The highest BCUT2D eigenvalue weighted by Crippen LogP contribution is 2.26. The molecule has 1 heterocycles. The van der Waals surface area contributed by atoms with E-state index in [9.17, 15) is 4.39 Å². The lowest BCUT2D eigenvalue weighted by Gasteiger charge is -2.19. The van der Waals surface area contributed by atoms with Crippen LogP contribution in [0.2, 0.25) is 0 Å². The molecule has 0 amide bonds. The molecule has 0 aliphatic carbocycles. The van der Waals surface area contributed by atoms with Crippen LogP contribution in [-0.4, -0.2) is 11.5 Å². The number of hydrogen-bond donors (Lipinski definition) is 1. The fraction of sp³-hybridized carbons (Fsp3) is 0.167. The summed E-state index contributed by atoms with van der Waals surface area (Å²) in [7, 11) is 0. The molecule has 1 aromatic heterocycles. The molecular formula is C18H17FN2. The van der Waals surface area contributed by atoms with E-state index in [1.54, 1.807) is 6.07 Å². The second-order valence-corrected chi connectivity index (χ2v) is 4.97. The Bertz CT molecular complexity index is 755. The van der Waals surface area contributed by atoms with Gasteiger partial charge in [0.1, 0.15) is 5.82 Å². The van der Waals surface area contributed by atoms with Gasteiger partial charge in [0.2, 0.25) is 0 Å². The molecule has 0 spiro atoms. The zero-order valence-corrected chi connectivity index (χ0v) is 11.9. The zero-order valence-electron chi connectivity index (χ0n) is 11.9. The largest absolute Gasteiger partial charge is 0.306 e. The van der Waals surface area contributed by atoms with Crippen molar-refractivity contribution < 1.29 is 4.39 Å². The molecule has 21 heavy (non-hydrogen) atoms. The molecule has 0 fully saturated rings. The van der Waals surface area contributed by atoms with Crippen molar-refractivity contribution >= 4 is 10.9 Å². The summed E-state index contributed by atoms with van der Waals surface area (Å²) in [4.78, 5) is 4.48. The second-order valence-electron chi connectivity index (χ2n) is 4.97. The number of nitrogens with zero attached hydrogens (tertiary/aromatic N) is 1. The summed E-state index contributed by atoms with van der Waals surface area (Å²) in [6, 6.07) is 16.7.